The largest absolute Gasteiger partial charge is 0.0857 e. The standard InChI is InChI=1S/C21H18Cl2/c22-18-7-3-16(4-8-18)11-14-21(15-20(21)12-1-2-13-20)17-5-9-19(23)10-6-17/h3-10H,1-2,12-13,15H2. The van der Waals surface area contributed by atoms with Gasteiger partial charge in [-0.1, -0.05) is 60.0 Å². The Hall–Kier alpha value is -1.42. The summed E-state index contributed by atoms with van der Waals surface area (Å²) < 4.78 is 0. The van der Waals surface area contributed by atoms with Crippen LogP contribution in [0.4, 0.5) is 0 Å². The number of benzene rings is 2. The zero-order valence-electron chi connectivity index (χ0n) is 12.9. The Morgan fingerprint density at radius 3 is 1.96 bits per heavy atom. The Bertz CT molecular complexity index is 771. The van der Waals surface area contributed by atoms with Gasteiger partial charge in [0.05, 0.1) is 5.41 Å². The summed E-state index contributed by atoms with van der Waals surface area (Å²) in [5.41, 5.74) is 2.75. The minimum Gasteiger partial charge on any atom is -0.0857 e. The van der Waals surface area contributed by atoms with Gasteiger partial charge in [0.25, 0.3) is 0 Å². The molecule has 0 bridgehead atoms. The van der Waals surface area contributed by atoms with E-state index in [-0.39, 0.29) is 5.41 Å². The highest BCUT2D eigenvalue weighted by atomic mass is 35.5. The Morgan fingerprint density at radius 2 is 1.35 bits per heavy atom. The van der Waals surface area contributed by atoms with Crippen LogP contribution in [0.15, 0.2) is 48.5 Å². The van der Waals surface area contributed by atoms with E-state index in [1.807, 2.05) is 36.4 Å². The molecule has 2 fully saturated rings. The van der Waals surface area contributed by atoms with Crippen LogP contribution in [0.2, 0.25) is 10.0 Å². The summed E-state index contributed by atoms with van der Waals surface area (Å²) in [6, 6.07) is 16.1. The molecule has 0 radical (unpaired) electrons. The lowest BCUT2D eigenvalue weighted by molar-refractivity contribution is 0.478. The van der Waals surface area contributed by atoms with Gasteiger partial charge in [0, 0.05) is 15.6 Å². The summed E-state index contributed by atoms with van der Waals surface area (Å²) >= 11 is 12.0. The second kappa shape index (κ2) is 5.59. The molecular weight excluding hydrogens is 323 g/mol. The van der Waals surface area contributed by atoms with E-state index in [9.17, 15) is 0 Å². The van der Waals surface area contributed by atoms with E-state index in [0.717, 1.165) is 15.6 Å². The molecular formula is C21H18Cl2. The maximum absolute atomic E-state index is 6.07. The molecule has 0 aliphatic heterocycles. The van der Waals surface area contributed by atoms with Crippen LogP contribution >= 0.6 is 23.2 Å². The maximum atomic E-state index is 6.07. The summed E-state index contributed by atoms with van der Waals surface area (Å²) in [6.07, 6.45) is 6.44. The SMILES string of the molecule is Clc1ccc(C#CC2(c3ccc(Cl)cc3)CC23CCCC3)cc1. The summed E-state index contributed by atoms with van der Waals surface area (Å²) in [4.78, 5) is 0. The molecule has 1 unspecified atom stereocenters. The first-order valence-electron chi connectivity index (χ1n) is 8.18. The van der Waals surface area contributed by atoms with Crippen LogP contribution in [0.3, 0.4) is 0 Å². The van der Waals surface area contributed by atoms with Gasteiger partial charge in [0.1, 0.15) is 0 Å². The van der Waals surface area contributed by atoms with Crippen LogP contribution in [-0.4, -0.2) is 0 Å². The lowest BCUT2D eigenvalue weighted by Crippen LogP contribution is -2.14. The van der Waals surface area contributed by atoms with Gasteiger partial charge in [-0.25, -0.2) is 0 Å². The fraction of sp³-hybridized carbons (Fsp3) is 0.333. The quantitative estimate of drug-likeness (QED) is 0.538. The van der Waals surface area contributed by atoms with Gasteiger partial charge in [-0.15, -0.1) is 0 Å². The summed E-state index contributed by atoms with van der Waals surface area (Å²) in [6.45, 7) is 0. The van der Waals surface area contributed by atoms with Crippen molar-refractivity contribution in [2.75, 3.05) is 0 Å². The zero-order chi connectivity index (χ0) is 15.9. The van der Waals surface area contributed by atoms with Gasteiger partial charge < -0.3 is 0 Å². The first-order valence-corrected chi connectivity index (χ1v) is 8.94. The Labute approximate surface area is 147 Å². The molecule has 0 N–H and O–H groups in total. The fourth-order valence-corrected chi connectivity index (χ4v) is 4.47. The van der Waals surface area contributed by atoms with Gasteiger partial charge in [-0.05, 0) is 66.6 Å². The summed E-state index contributed by atoms with van der Waals surface area (Å²) in [5.74, 6) is 7.04. The first-order chi connectivity index (χ1) is 11.1. The van der Waals surface area contributed by atoms with Crippen molar-refractivity contribution in [3.8, 4) is 11.8 Å². The van der Waals surface area contributed by atoms with E-state index in [2.05, 4.69) is 24.0 Å². The van der Waals surface area contributed by atoms with E-state index in [1.165, 1.54) is 37.7 Å². The van der Waals surface area contributed by atoms with Crippen molar-refractivity contribution in [2.24, 2.45) is 5.41 Å². The molecule has 2 aliphatic carbocycles. The Kier molecular flexibility index (Phi) is 3.67. The first kappa shape index (κ1) is 15.1. The van der Waals surface area contributed by atoms with Gasteiger partial charge in [-0.3, -0.25) is 0 Å². The average molecular weight is 341 g/mol. The normalized spacial score (nSPS) is 24.3. The predicted octanol–water partition coefficient (Wildman–Crippen LogP) is 6.25. The van der Waals surface area contributed by atoms with E-state index in [1.54, 1.807) is 0 Å². The lowest BCUT2D eigenvalue weighted by atomic mass is 9.85. The second-order valence-electron chi connectivity index (χ2n) is 6.83. The number of rotatable bonds is 1. The number of hydrogen-bond donors (Lipinski definition) is 0. The molecule has 2 aromatic rings. The van der Waals surface area contributed by atoms with Crippen LogP contribution in [0, 0.1) is 17.3 Å². The van der Waals surface area contributed by atoms with Crippen LogP contribution in [0.1, 0.15) is 43.2 Å². The Balaban J connectivity index is 1.73. The highest BCUT2D eigenvalue weighted by Gasteiger charge is 2.67. The topological polar surface area (TPSA) is 0 Å². The van der Waals surface area contributed by atoms with Crippen molar-refractivity contribution < 1.29 is 0 Å². The third kappa shape index (κ3) is 2.57. The third-order valence-electron chi connectivity index (χ3n) is 5.55. The minimum absolute atomic E-state index is 0.00766. The molecule has 4 rings (SSSR count). The molecule has 1 atom stereocenters. The monoisotopic (exact) mass is 340 g/mol. The maximum Gasteiger partial charge on any atom is 0.0629 e. The van der Waals surface area contributed by atoms with Gasteiger partial charge >= 0.3 is 0 Å². The smallest absolute Gasteiger partial charge is 0.0629 e. The van der Waals surface area contributed by atoms with E-state index >= 15 is 0 Å². The molecule has 23 heavy (non-hydrogen) atoms. The van der Waals surface area contributed by atoms with Crippen LogP contribution in [-0.2, 0) is 5.41 Å². The Morgan fingerprint density at radius 1 is 0.783 bits per heavy atom. The molecule has 0 heterocycles. The lowest BCUT2D eigenvalue weighted by Gasteiger charge is -2.17. The molecule has 116 valence electrons. The molecule has 2 aliphatic rings. The molecule has 2 heteroatoms. The minimum atomic E-state index is 0.00766. The van der Waals surface area contributed by atoms with Crippen molar-refractivity contribution in [2.45, 2.75) is 37.5 Å². The van der Waals surface area contributed by atoms with Gasteiger partial charge in [-0.2, -0.15) is 0 Å². The second-order valence-corrected chi connectivity index (χ2v) is 7.71. The van der Waals surface area contributed by atoms with Gasteiger partial charge in [0.2, 0.25) is 0 Å². The number of hydrogen-bond acceptors (Lipinski definition) is 0. The zero-order valence-corrected chi connectivity index (χ0v) is 14.4. The molecule has 0 saturated heterocycles. The highest BCUT2D eigenvalue weighted by Crippen LogP contribution is 2.71. The highest BCUT2D eigenvalue weighted by molar-refractivity contribution is 6.30. The van der Waals surface area contributed by atoms with Crippen molar-refractivity contribution >= 4 is 23.2 Å². The molecule has 0 aromatic heterocycles. The summed E-state index contributed by atoms with van der Waals surface area (Å²) in [7, 11) is 0. The molecule has 2 aromatic carbocycles. The predicted molar refractivity (Wildman–Crippen MR) is 97.0 cm³/mol. The van der Waals surface area contributed by atoms with Crippen molar-refractivity contribution in [1.29, 1.82) is 0 Å². The van der Waals surface area contributed by atoms with Gasteiger partial charge in [0.15, 0.2) is 0 Å². The van der Waals surface area contributed by atoms with Crippen molar-refractivity contribution in [3.05, 3.63) is 69.7 Å². The number of halogens is 2. The third-order valence-corrected chi connectivity index (χ3v) is 6.05. The molecule has 0 amide bonds. The van der Waals surface area contributed by atoms with Crippen LogP contribution in [0.5, 0.6) is 0 Å². The molecule has 2 saturated carbocycles. The van der Waals surface area contributed by atoms with E-state index in [4.69, 9.17) is 23.2 Å². The van der Waals surface area contributed by atoms with E-state index < -0.39 is 0 Å². The van der Waals surface area contributed by atoms with E-state index in [0.29, 0.717) is 5.41 Å². The van der Waals surface area contributed by atoms with Crippen LogP contribution in [0.25, 0.3) is 0 Å². The van der Waals surface area contributed by atoms with Crippen molar-refractivity contribution in [1.82, 2.24) is 0 Å². The fourth-order valence-electron chi connectivity index (χ4n) is 4.22. The van der Waals surface area contributed by atoms with Crippen LogP contribution < -0.4 is 0 Å². The van der Waals surface area contributed by atoms with Crippen molar-refractivity contribution in [3.63, 3.8) is 0 Å². The molecule has 0 nitrogen and oxygen atoms in total. The average Bonchev–Trinajstić information content (AvgIpc) is 2.93. The summed E-state index contributed by atoms with van der Waals surface area (Å²) in [5, 5.41) is 1.54. The molecule has 1 spiro atoms.